The second-order valence-electron chi connectivity index (χ2n) is 6.43. The molecule has 0 radical (unpaired) electrons. The third-order valence-corrected chi connectivity index (χ3v) is 5.97. The van der Waals surface area contributed by atoms with E-state index in [1.165, 1.54) is 23.9 Å². The molecule has 1 atom stereocenters. The first-order valence-electron chi connectivity index (χ1n) is 7.66. The first kappa shape index (κ1) is 18.2. The van der Waals surface area contributed by atoms with Crippen LogP contribution in [0.5, 0.6) is 0 Å². The van der Waals surface area contributed by atoms with Gasteiger partial charge in [0.15, 0.2) is 0 Å². The van der Waals surface area contributed by atoms with Crippen LogP contribution in [0.1, 0.15) is 43.1 Å². The van der Waals surface area contributed by atoms with Crippen LogP contribution in [-0.4, -0.2) is 14.7 Å². The summed E-state index contributed by atoms with van der Waals surface area (Å²) < 4.78 is 27.4. The summed E-state index contributed by atoms with van der Waals surface area (Å²) in [5.74, 6) is 0. The molecular formula is C18H18ClNO3S2. The highest BCUT2D eigenvalue weighted by Crippen LogP contribution is 2.31. The van der Waals surface area contributed by atoms with Gasteiger partial charge < -0.3 is 9.47 Å². The number of hydrogen-bond acceptors (Lipinski definition) is 4. The van der Waals surface area contributed by atoms with Gasteiger partial charge in [0.25, 0.3) is 6.29 Å². The van der Waals surface area contributed by atoms with Crippen LogP contribution in [0.2, 0.25) is 5.02 Å². The Balaban J connectivity index is 2.02. The van der Waals surface area contributed by atoms with Gasteiger partial charge in [0.2, 0.25) is 0 Å². The van der Waals surface area contributed by atoms with Gasteiger partial charge in [-0.25, -0.2) is 4.21 Å². The summed E-state index contributed by atoms with van der Waals surface area (Å²) in [6.07, 6.45) is 2.60. The second-order valence-corrected chi connectivity index (χ2v) is 9.71. The van der Waals surface area contributed by atoms with Gasteiger partial charge in [0, 0.05) is 21.5 Å². The molecule has 0 bridgehead atoms. The molecule has 0 amide bonds. The molecule has 1 aliphatic rings. The molecule has 0 saturated heterocycles. The van der Waals surface area contributed by atoms with Crippen LogP contribution in [0.4, 0.5) is 0 Å². The molecular weight excluding hydrogens is 378 g/mol. The predicted molar refractivity (Wildman–Crippen MR) is 103 cm³/mol. The van der Waals surface area contributed by atoms with E-state index in [4.69, 9.17) is 21.1 Å². The number of halogens is 1. The Morgan fingerprint density at radius 2 is 1.92 bits per heavy atom. The standard InChI is InChI=1S/C18H18ClNO3S2/c1-18(2,3)25(21)20-16(12-5-4-6-14(19)9-12)13-10-15(24-11-13)17-22-7-8-23-17/h4-11,17H,1-3H3/b20-16+. The van der Waals surface area contributed by atoms with Crippen LogP contribution in [0, 0.1) is 0 Å². The SMILES string of the molecule is CC(C)(C)S(=O)/N=C(\c1cccc(Cl)c1)c1csc(C2OC=CO2)c1. The van der Waals surface area contributed by atoms with E-state index in [-0.39, 0.29) is 0 Å². The van der Waals surface area contributed by atoms with Crippen LogP contribution >= 0.6 is 22.9 Å². The zero-order valence-electron chi connectivity index (χ0n) is 14.1. The van der Waals surface area contributed by atoms with E-state index in [2.05, 4.69) is 4.40 Å². The minimum Gasteiger partial charge on any atom is -0.454 e. The van der Waals surface area contributed by atoms with E-state index in [1.54, 1.807) is 6.07 Å². The van der Waals surface area contributed by atoms with Gasteiger partial charge in [-0.1, -0.05) is 23.7 Å². The second kappa shape index (κ2) is 7.32. The van der Waals surface area contributed by atoms with Crippen molar-refractivity contribution in [2.45, 2.75) is 31.8 Å². The van der Waals surface area contributed by atoms with Crippen LogP contribution in [0.15, 0.2) is 52.6 Å². The lowest BCUT2D eigenvalue weighted by molar-refractivity contribution is -0.0216. The van der Waals surface area contributed by atoms with E-state index in [9.17, 15) is 4.21 Å². The van der Waals surface area contributed by atoms with Crippen molar-refractivity contribution in [3.63, 3.8) is 0 Å². The quantitative estimate of drug-likeness (QED) is 0.667. The largest absolute Gasteiger partial charge is 0.454 e. The number of thiophene rings is 1. The molecule has 2 aromatic rings. The molecule has 3 rings (SSSR count). The highest BCUT2D eigenvalue weighted by Gasteiger charge is 2.23. The summed E-state index contributed by atoms with van der Waals surface area (Å²) in [7, 11) is -1.39. The molecule has 1 aromatic carbocycles. The molecule has 0 spiro atoms. The Kier molecular flexibility index (Phi) is 5.32. The molecule has 1 unspecified atom stereocenters. The Morgan fingerprint density at radius 1 is 1.20 bits per heavy atom. The molecule has 0 fully saturated rings. The molecule has 1 aromatic heterocycles. The van der Waals surface area contributed by atoms with E-state index < -0.39 is 22.0 Å². The van der Waals surface area contributed by atoms with E-state index in [0.29, 0.717) is 10.7 Å². The monoisotopic (exact) mass is 395 g/mol. The Labute approximate surface area is 158 Å². The third-order valence-electron chi connectivity index (χ3n) is 3.38. The number of hydrogen-bond donors (Lipinski definition) is 0. The molecule has 4 nitrogen and oxygen atoms in total. The smallest absolute Gasteiger partial charge is 0.275 e. The lowest BCUT2D eigenvalue weighted by Gasteiger charge is -2.15. The molecule has 0 saturated carbocycles. The number of nitrogens with zero attached hydrogens (tertiary/aromatic N) is 1. The normalized spacial score (nSPS) is 16.6. The summed E-state index contributed by atoms with van der Waals surface area (Å²) in [6.45, 7) is 5.69. The maximum Gasteiger partial charge on any atom is 0.275 e. The molecule has 7 heteroatoms. The summed E-state index contributed by atoms with van der Waals surface area (Å²) in [5, 5.41) is 2.56. The lowest BCUT2D eigenvalue weighted by atomic mass is 10.1. The molecule has 2 heterocycles. The van der Waals surface area contributed by atoms with Gasteiger partial charge in [-0.05, 0) is 39.0 Å². The minimum absolute atomic E-state index is 0.438. The van der Waals surface area contributed by atoms with Crippen molar-refractivity contribution in [3.05, 3.63) is 69.3 Å². The van der Waals surface area contributed by atoms with Crippen LogP contribution in [0.25, 0.3) is 0 Å². The fraction of sp³-hybridized carbons (Fsp3) is 0.278. The third kappa shape index (κ3) is 4.32. The van der Waals surface area contributed by atoms with Crippen LogP contribution < -0.4 is 0 Å². The van der Waals surface area contributed by atoms with E-state index in [1.807, 2.05) is 50.4 Å². The minimum atomic E-state index is -1.39. The van der Waals surface area contributed by atoms with E-state index >= 15 is 0 Å². The van der Waals surface area contributed by atoms with E-state index in [0.717, 1.165) is 16.0 Å². The fourth-order valence-corrected chi connectivity index (χ4v) is 3.80. The Bertz CT molecular complexity index is 844. The average molecular weight is 396 g/mol. The fourth-order valence-electron chi connectivity index (χ4n) is 2.10. The lowest BCUT2D eigenvalue weighted by Crippen LogP contribution is -2.21. The van der Waals surface area contributed by atoms with Crippen molar-refractivity contribution in [1.82, 2.24) is 0 Å². The molecule has 132 valence electrons. The highest BCUT2D eigenvalue weighted by molar-refractivity contribution is 7.85. The first-order valence-corrected chi connectivity index (χ1v) is 10.0. The van der Waals surface area contributed by atoms with Gasteiger partial charge in [-0.15, -0.1) is 11.3 Å². The van der Waals surface area contributed by atoms with Gasteiger partial charge in [-0.2, -0.15) is 4.40 Å². The predicted octanol–water partition coefficient (Wildman–Crippen LogP) is 5.22. The molecule has 1 aliphatic heterocycles. The number of rotatable bonds is 4. The topological polar surface area (TPSA) is 47.9 Å². The van der Waals surface area contributed by atoms with Crippen molar-refractivity contribution < 1.29 is 13.7 Å². The molecule has 0 N–H and O–H groups in total. The van der Waals surface area contributed by atoms with Crippen molar-refractivity contribution in [2.24, 2.45) is 4.40 Å². The van der Waals surface area contributed by atoms with Gasteiger partial charge in [0.1, 0.15) is 23.5 Å². The zero-order chi connectivity index (χ0) is 18.0. The molecule has 25 heavy (non-hydrogen) atoms. The van der Waals surface area contributed by atoms with Crippen molar-refractivity contribution in [3.8, 4) is 0 Å². The number of benzene rings is 1. The maximum absolute atomic E-state index is 12.6. The zero-order valence-corrected chi connectivity index (χ0v) is 16.5. The number of ether oxygens (including phenoxy) is 2. The van der Waals surface area contributed by atoms with Crippen LogP contribution in [-0.2, 0) is 20.5 Å². The van der Waals surface area contributed by atoms with Crippen molar-refractivity contribution in [1.29, 1.82) is 0 Å². The summed E-state index contributed by atoms with van der Waals surface area (Å²) in [6, 6.07) is 9.33. The van der Waals surface area contributed by atoms with Crippen LogP contribution in [0.3, 0.4) is 0 Å². The molecule has 0 aliphatic carbocycles. The van der Waals surface area contributed by atoms with Crippen molar-refractivity contribution >= 4 is 39.6 Å². The maximum atomic E-state index is 12.6. The Morgan fingerprint density at radius 3 is 2.56 bits per heavy atom. The summed E-state index contributed by atoms with van der Waals surface area (Å²) in [4.78, 5) is 0.913. The van der Waals surface area contributed by atoms with Gasteiger partial charge in [-0.3, -0.25) is 0 Å². The summed E-state index contributed by atoms with van der Waals surface area (Å²) >= 11 is 7.64. The Hall–Kier alpha value is -1.63. The highest BCUT2D eigenvalue weighted by atomic mass is 35.5. The first-order chi connectivity index (χ1) is 11.8. The van der Waals surface area contributed by atoms with Gasteiger partial charge in [0.05, 0.1) is 15.3 Å². The average Bonchev–Trinajstić information content (AvgIpc) is 3.22. The van der Waals surface area contributed by atoms with Gasteiger partial charge >= 0.3 is 0 Å². The van der Waals surface area contributed by atoms with Crippen molar-refractivity contribution in [2.75, 3.05) is 0 Å². The summed E-state index contributed by atoms with van der Waals surface area (Å²) in [5.41, 5.74) is 2.32.